The number of rotatable bonds is 2. The van der Waals surface area contributed by atoms with Crippen molar-refractivity contribution in [3.05, 3.63) is 29.6 Å². The summed E-state index contributed by atoms with van der Waals surface area (Å²) in [5.74, 6) is -0.923. The molecule has 1 atom stereocenters. The highest BCUT2D eigenvalue weighted by atomic mass is 32.2. The van der Waals surface area contributed by atoms with Crippen molar-refractivity contribution in [2.45, 2.75) is 5.37 Å². The zero-order valence-corrected chi connectivity index (χ0v) is 12.4. The fraction of sp³-hybridized carbons (Fsp3) is 0.417. The molecule has 0 aromatic heterocycles. The third-order valence-corrected chi connectivity index (χ3v) is 5.67. The summed E-state index contributed by atoms with van der Waals surface area (Å²) in [4.78, 5) is 13.5. The van der Waals surface area contributed by atoms with Crippen molar-refractivity contribution in [1.82, 2.24) is 4.90 Å². The van der Waals surface area contributed by atoms with Crippen molar-refractivity contribution in [3.8, 4) is 5.75 Å². The molecule has 1 amide bonds. The Morgan fingerprint density at radius 1 is 1.50 bits per heavy atom. The lowest BCUT2D eigenvalue weighted by Gasteiger charge is -2.34. The molecule has 1 heterocycles. The van der Waals surface area contributed by atoms with Crippen LogP contribution in [0.2, 0.25) is 0 Å². The second kappa shape index (κ2) is 5.61. The molecule has 1 aromatic carbocycles. The van der Waals surface area contributed by atoms with Gasteiger partial charge in [-0.3, -0.25) is 4.79 Å². The highest BCUT2D eigenvalue weighted by Crippen LogP contribution is 2.24. The molecule has 0 bridgehead atoms. The molecule has 20 heavy (non-hydrogen) atoms. The highest BCUT2D eigenvalue weighted by Gasteiger charge is 2.35. The Morgan fingerprint density at radius 3 is 2.80 bits per heavy atom. The van der Waals surface area contributed by atoms with Gasteiger partial charge in [-0.1, -0.05) is 0 Å². The summed E-state index contributed by atoms with van der Waals surface area (Å²) in [5, 5.41) is 8.20. The molecule has 0 spiro atoms. The highest BCUT2D eigenvalue weighted by molar-refractivity contribution is 8.00. The molecule has 1 saturated heterocycles. The minimum Gasteiger partial charge on any atom is -0.508 e. The normalized spacial score (nSPS) is 19.9. The lowest BCUT2D eigenvalue weighted by Crippen LogP contribution is -2.50. The maximum atomic E-state index is 13.7. The lowest BCUT2D eigenvalue weighted by molar-refractivity contribution is 0.0745. The predicted octanol–water partition coefficient (Wildman–Crippen LogP) is 1.09. The number of phenols is 1. The Hall–Kier alpha value is -1.28. The van der Waals surface area contributed by atoms with Crippen molar-refractivity contribution in [3.63, 3.8) is 0 Å². The minimum absolute atomic E-state index is 0.233. The molecule has 8 heteroatoms. The molecule has 1 aliphatic heterocycles. The van der Waals surface area contributed by atoms with Crippen LogP contribution >= 0.6 is 11.8 Å². The maximum Gasteiger partial charge on any atom is 0.257 e. The van der Waals surface area contributed by atoms with Gasteiger partial charge in [0.1, 0.15) is 16.9 Å². The van der Waals surface area contributed by atoms with Crippen LogP contribution in [0.5, 0.6) is 5.75 Å². The molecule has 0 aliphatic carbocycles. The van der Waals surface area contributed by atoms with Crippen LogP contribution in [-0.4, -0.2) is 54.0 Å². The second-order valence-corrected chi connectivity index (χ2v) is 7.87. The molecule has 1 fully saturated rings. The number of amides is 1. The number of hydrogen-bond acceptors (Lipinski definition) is 5. The first-order chi connectivity index (χ1) is 9.30. The predicted molar refractivity (Wildman–Crippen MR) is 75.1 cm³/mol. The Labute approximate surface area is 120 Å². The fourth-order valence-electron chi connectivity index (χ4n) is 2.00. The van der Waals surface area contributed by atoms with Gasteiger partial charge in [-0.15, -0.1) is 0 Å². The molecule has 110 valence electrons. The summed E-state index contributed by atoms with van der Waals surface area (Å²) in [6, 6.07) is 3.19. The van der Waals surface area contributed by atoms with Crippen molar-refractivity contribution in [2.75, 3.05) is 24.3 Å². The zero-order valence-electron chi connectivity index (χ0n) is 10.7. The van der Waals surface area contributed by atoms with Gasteiger partial charge in [0.05, 0.1) is 5.56 Å². The van der Waals surface area contributed by atoms with Gasteiger partial charge in [0.2, 0.25) is 0 Å². The average Bonchev–Trinajstić information content (AvgIpc) is 2.37. The summed E-state index contributed by atoms with van der Waals surface area (Å²) < 4.78 is 37.2. The first-order valence-corrected chi connectivity index (χ1v) is 8.97. The molecule has 5 nitrogen and oxygen atoms in total. The molecular weight excluding hydrogens is 305 g/mol. The monoisotopic (exact) mass is 319 g/mol. The molecule has 0 radical (unpaired) electrons. The smallest absolute Gasteiger partial charge is 0.257 e. The summed E-state index contributed by atoms with van der Waals surface area (Å²) in [7, 11) is -3.44. The van der Waals surface area contributed by atoms with E-state index < -0.39 is 26.9 Å². The number of sulfone groups is 1. The van der Waals surface area contributed by atoms with Crippen LogP contribution in [0, 0.1) is 5.82 Å². The molecule has 0 saturated carbocycles. The molecule has 1 unspecified atom stereocenters. The fourth-order valence-corrected chi connectivity index (χ4v) is 4.82. The van der Waals surface area contributed by atoms with E-state index in [2.05, 4.69) is 0 Å². The summed E-state index contributed by atoms with van der Waals surface area (Å²) in [6.07, 6.45) is 1.07. The van der Waals surface area contributed by atoms with Crippen LogP contribution < -0.4 is 0 Å². The van der Waals surface area contributed by atoms with Crippen molar-refractivity contribution in [2.24, 2.45) is 0 Å². The van der Waals surface area contributed by atoms with Gasteiger partial charge in [-0.05, 0) is 12.1 Å². The van der Waals surface area contributed by atoms with Crippen LogP contribution in [-0.2, 0) is 9.84 Å². The van der Waals surface area contributed by atoms with E-state index >= 15 is 0 Å². The number of nitrogens with zero attached hydrogens (tertiary/aromatic N) is 1. The van der Waals surface area contributed by atoms with Gasteiger partial charge in [0, 0.05) is 30.4 Å². The first-order valence-electron chi connectivity index (χ1n) is 5.87. The lowest BCUT2D eigenvalue weighted by atomic mass is 10.1. The quantitative estimate of drug-likeness (QED) is 0.883. The number of halogens is 1. The van der Waals surface area contributed by atoms with Gasteiger partial charge in [0.15, 0.2) is 9.84 Å². The Balaban J connectivity index is 2.35. The van der Waals surface area contributed by atoms with Crippen molar-refractivity contribution in [1.29, 1.82) is 0 Å². The molecule has 1 aromatic rings. The summed E-state index contributed by atoms with van der Waals surface area (Å²) >= 11 is 1.45. The average molecular weight is 319 g/mol. The zero-order chi connectivity index (χ0) is 14.9. The van der Waals surface area contributed by atoms with Crippen LogP contribution in [0.4, 0.5) is 4.39 Å². The number of aromatic hydroxyl groups is 1. The van der Waals surface area contributed by atoms with Crippen LogP contribution in [0.25, 0.3) is 0 Å². The maximum absolute atomic E-state index is 13.7. The SMILES string of the molecule is CS(=O)(=O)C1CSCCN1C(=O)c1ccc(O)cc1F. The largest absolute Gasteiger partial charge is 0.508 e. The van der Waals surface area contributed by atoms with E-state index in [4.69, 9.17) is 5.11 Å². The summed E-state index contributed by atoms with van der Waals surface area (Å²) in [5.41, 5.74) is -0.233. The minimum atomic E-state index is -3.44. The second-order valence-electron chi connectivity index (χ2n) is 4.52. The number of phenolic OH excluding ortho intramolecular Hbond substituents is 1. The van der Waals surface area contributed by atoms with E-state index in [1.54, 1.807) is 0 Å². The van der Waals surface area contributed by atoms with E-state index in [9.17, 15) is 17.6 Å². The van der Waals surface area contributed by atoms with E-state index in [0.717, 1.165) is 18.4 Å². The van der Waals surface area contributed by atoms with E-state index in [-0.39, 0.29) is 23.6 Å². The van der Waals surface area contributed by atoms with E-state index in [1.807, 2.05) is 0 Å². The van der Waals surface area contributed by atoms with E-state index in [1.165, 1.54) is 22.7 Å². The number of benzene rings is 1. The van der Waals surface area contributed by atoms with Gasteiger partial charge < -0.3 is 10.0 Å². The third kappa shape index (κ3) is 3.06. The van der Waals surface area contributed by atoms with Crippen molar-refractivity contribution >= 4 is 27.5 Å². The number of thioether (sulfide) groups is 1. The van der Waals surface area contributed by atoms with Gasteiger partial charge in [-0.25, -0.2) is 12.8 Å². The van der Waals surface area contributed by atoms with Crippen LogP contribution in [0.3, 0.4) is 0 Å². The molecular formula is C12H14FNO4S2. The Morgan fingerprint density at radius 2 is 2.20 bits per heavy atom. The molecule has 1 N–H and O–H groups in total. The van der Waals surface area contributed by atoms with Gasteiger partial charge in [-0.2, -0.15) is 11.8 Å². The standard InChI is InChI=1S/C12H14FNO4S2/c1-20(17,18)11-7-19-5-4-14(11)12(16)9-3-2-8(15)6-10(9)13/h2-3,6,11,15H,4-5,7H2,1H3. The third-order valence-electron chi connectivity index (χ3n) is 3.02. The van der Waals surface area contributed by atoms with Gasteiger partial charge in [0.25, 0.3) is 5.91 Å². The Bertz CT molecular complexity index is 632. The number of carbonyl (C=O) groups is 1. The van der Waals surface area contributed by atoms with Crippen LogP contribution in [0.1, 0.15) is 10.4 Å². The van der Waals surface area contributed by atoms with Crippen LogP contribution in [0.15, 0.2) is 18.2 Å². The van der Waals surface area contributed by atoms with E-state index in [0.29, 0.717) is 5.75 Å². The molecule has 2 rings (SSSR count). The Kier molecular flexibility index (Phi) is 4.24. The summed E-state index contributed by atoms with van der Waals surface area (Å²) in [6.45, 7) is 0.252. The topological polar surface area (TPSA) is 74.7 Å². The van der Waals surface area contributed by atoms with Gasteiger partial charge >= 0.3 is 0 Å². The first kappa shape index (κ1) is 15.1. The number of hydrogen-bond donors (Lipinski definition) is 1. The number of carbonyl (C=O) groups excluding carboxylic acids is 1. The molecule has 1 aliphatic rings. The van der Waals surface area contributed by atoms with Crippen molar-refractivity contribution < 1.29 is 22.7 Å².